The van der Waals surface area contributed by atoms with E-state index in [-0.39, 0.29) is 6.10 Å². The monoisotopic (exact) mass is 360 g/mol. The molecule has 0 heterocycles. The van der Waals surface area contributed by atoms with Crippen molar-refractivity contribution >= 4 is 6.21 Å². The van der Waals surface area contributed by atoms with Gasteiger partial charge in [-0.25, -0.2) is 0 Å². The number of oxime groups is 1. The summed E-state index contributed by atoms with van der Waals surface area (Å²) in [4.78, 5) is 5.29. The topological polar surface area (TPSA) is 67.8 Å². The van der Waals surface area contributed by atoms with Gasteiger partial charge in [-0.15, -0.1) is 0 Å². The molecule has 3 N–H and O–H groups in total. The molecule has 4 rings (SSSR count). The summed E-state index contributed by atoms with van der Waals surface area (Å²) in [5.41, 5.74) is 7.76. The fraction of sp³-hybridized carbons (Fsp3) is 0.864. The number of rotatable bonds is 4. The minimum absolute atomic E-state index is 0.205. The minimum Gasteiger partial charge on any atom is -0.395 e. The second-order valence-corrected chi connectivity index (χ2v) is 9.74. The third-order valence-corrected chi connectivity index (χ3v) is 8.69. The molecule has 26 heavy (non-hydrogen) atoms. The van der Waals surface area contributed by atoms with Crippen molar-refractivity contribution in [3.05, 3.63) is 11.6 Å². The summed E-state index contributed by atoms with van der Waals surface area (Å²) in [7, 11) is 0. The van der Waals surface area contributed by atoms with Crippen LogP contribution >= 0.6 is 0 Å². The number of hydrogen-bond acceptors (Lipinski definition) is 4. The maximum atomic E-state index is 10.1. The summed E-state index contributed by atoms with van der Waals surface area (Å²) in [5.74, 6) is 3.01. The van der Waals surface area contributed by atoms with Crippen molar-refractivity contribution in [2.75, 3.05) is 13.2 Å². The molecule has 0 aromatic carbocycles. The van der Waals surface area contributed by atoms with Crippen LogP contribution in [0.3, 0.4) is 0 Å². The van der Waals surface area contributed by atoms with Crippen LogP contribution in [0.4, 0.5) is 0 Å². The zero-order chi connectivity index (χ0) is 18.4. The molecular weight excluding hydrogens is 324 g/mol. The molecular formula is C22H36N2O2. The van der Waals surface area contributed by atoms with Crippen molar-refractivity contribution in [1.82, 2.24) is 0 Å². The third kappa shape index (κ3) is 2.84. The van der Waals surface area contributed by atoms with Gasteiger partial charge >= 0.3 is 0 Å². The zero-order valence-corrected chi connectivity index (χ0v) is 16.5. The molecule has 146 valence electrons. The van der Waals surface area contributed by atoms with Gasteiger partial charge in [-0.05, 0) is 80.0 Å². The Balaban J connectivity index is 1.53. The first-order chi connectivity index (χ1) is 12.5. The van der Waals surface area contributed by atoms with Gasteiger partial charge < -0.3 is 15.7 Å². The maximum absolute atomic E-state index is 10.1. The lowest BCUT2D eigenvalue weighted by Gasteiger charge is -2.58. The Morgan fingerprint density at radius 2 is 2.04 bits per heavy atom. The number of nitrogens with two attached hydrogens (primary N) is 1. The Kier molecular flexibility index (Phi) is 4.94. The van der Waals surface area contributed by atoms with Gasteiger partial charge in [0.1, 0.15) is 6.61 Å². The van der Waals surface area contributed by atoms with Crippen LogP contribution < -0.4 is 5.73 Å². The molecule has 0 radical (unpaired) electrons. The number of fused-ring (bicyclic) bond motifs is 5. The van der Waals surface area contributed by atoms with Crippen LogP contribution in [0.25, 0.3) is 0 Å². The average molecular weight is 361 g/mol. The molecule has 4 nitrogen and oxygen atoms in total. The number of aliphatic hydroxyl groups is 1. The molecule has 3 saturated carbocycles. The summed E-state index contributed by atoms with van der Waals surface area (Å²) in [6, 6.07) is 0. The Morgan fingerprint density at radius 1 is 1.19 bits per heavy atom. The van der Waals surface area contributed by atoms with E-state index in [9.17, 15) is 5.11 Å². The Labute approximate surface area is 158 Å². The normalized spacial score (nSPS) is 47.8. The van der Waals surface area contributed by atoms with Crippen LogP contribution in [0.15, 0.2) is 16.8 Å². The molecule has 3 fully saturated rings. The van der Waals surface area contributed by atoms with Gasteiger partial charge in [0.25, 0.3) is 0 Å². The number of allylic oxidation sites excluding steroid dienone is 1. The van der Waals surface area contributed by atoms with E-state index in [1.807, 2.05) is 0 Å². The molecule has 0 amide bonds. The van der Waals surface area contributed by atoms with E-state index in [0.717, 1.165) is 24.2 Å². The molecule has 4 aliphatic rings. The molecule has 7 atom stereocenters. The number of aliphatic hydroxyl groups excluding tert-OH is 1. The largest absolute Gasteiger partial charge is 0.395 e. The molecule has 0 spiro atoms. The van der Waals surface area contributed by atoms with E-state index in [0.29, 0.717) is 29.9 Å². The van der Waals surface area contributed by atoms with Crippen LogP contribution in [-0.4, -0.2) is 30.6 Å². The quantitative estimate of drug-likeness (QED) is 0.346. The predicted octanol–water partition coefficient (Wildman–Crippen LogP) is 3.89. The number of hydrogen-bond donors (Lipinski definition) is 2. The first kappa shape index (κ1) is 18.5. The van der Waals surface area contributed by atoms with Gasteiger partial charge in [-0.3, -0.25) is 0 Å². The highest BCUT2D eigenvalue weighted by Crippen LogP contribution is 2.66. The van der Waals surface area contributed by atoms with Crippen LogP contribution in [-0.2, 0) is 4.84 Å². The van der Waals surface area contributed by atoms with E-state index in [1.165, 1.54) is 44.9 Å². The van der Waals surface area contributed by atoms with E-state index in [1.54, 1.807) is 5.57 Å². The molecule has 0 aromatic rings. The summed E-state index contributed by atoms with van der Waals surface area (Å²) < 4.78 is 0. The first-order valence-electron chi connectivity index (χ1n) is 10.7. The first-order valence-corrected chi connectivity index (χ1v) is 10.7. The van der Waals surface area contributed by atoms with Crippen LogP contribution in [0.2, 0.25) is 0 Å². The highest BCUT2D eigenvalue weighted by atomic mass is 16.6. The SMILES string of the molecule is C[C@]12CC[C@H]3[C@@H](CCC4=C[C@@H](O)CC[C@@]43C)[C@@H]1CC[C@@H]2/C=N/OCCN. The van der Waals surface area contributed by atoms with Gasteiger partial charge in [0.15, 0.2) is 0 Å². The molecule has 0 aromatic heterocycles. The Morgan fingerprint density at radius 3 is 2.85 bits per heavy atom. The summed E-state index contributed by atoms with van der Waals surface area (Å²) in [6.07, 6.45) is 13.9. The van der Waals surface area contributed by atoms with Crippen LogP contribution in [0.1, 0.15) is 65.2 Å². The second kappa shape index (κ2) is 6.94. The van der Waals surface area contributed by atoms with Gasteiger partial charge in [0, 0.05) is 18.7 Å². The number of nitrogens with zero attached hydrogens (tertiary/aromatic N) is 1. The van der Waals surface area contributed by atoms with E-state index >= 15 is 0 Å². The third-order valence-electron chi connectivity index (χ3n) is 8.69. The van der Waals surface area contributed by atoms with Crippen molar-refractivity contribution in [1.29, 1.82) is 0 Å². The second-order valence-electron chi connectivity index (χ2n) is 9.74. The molecule has 0 aliphatic heterocycles. The minimum atomic E-state index is -0.205. The zero-order valence-electron chi connectivity index (χ0n) is 16.5. The van der Waals surface area contributed by atoms with E-state index in [2.05, 4.69) is 31.3 Å². The van der Waals surface area contributed by atoms with Gasteiger partial charge in [0.2, 0.25) is 0 Å². The van der Waals surface area contributed by atoms with Gasteiger partial charge in [-0.2, -0.15) is 0 Å². The summed E-state index contributed by atoms with van der Waals surface area (Å²) in [6.45, 7) is 6.04. The lowest BCUT2D eigenvalue weighted by Crippen LogP contribution is -2.50. The van der Waals surface area contributed by atoms with E-state index in [4.69, 9.17) is 10.6 Å². The molecule has 0 saturated heterocycles. The van der Waals surface area contributed by atoms with Crippen molar-refractivity contribution in [3.8, 4) is 0 Å². The Hall–Kier alpha value is -0.870. The average Bonchev–Trinajstić information content (AvgIpc) is 2.96. The molecule has 0 bridgehead atoms. The Bertz CT molecular complexity index is 589. The van der Waals surface area contributed by atoms with Gasteiger partial charge in [-0.1, -0.05) is 30.7 Å². The fourth-order valence-corrected chi connectivity index (χ4v) is 7.22. The molecule has 4 heteroatoms. The molecule has 4 aliphatic carbocycles. The van der Waals surface area contributed by atoms with Crippen molar-refractivity contribution in [2.45, 2.75) is 71.3 Å². The summed E-state index contributed by atoms with van der Waals surface area (Å²) in [5, 5.41) is 14.3. The highest BCUT2D eigenvalue weighted by molar-refractivity contribution is 5.62. The van der Waals surface area contributed by atoms with Crippen molar-refractivity contribution < 1.29 is 9.94 Å². The van der Waals surface area contributed by atoms with Crippen molar-refractivity contribution in [3.63, 3.8) is 0 Å². The lowest BCUT2D eigenvalue weighted by molar-refractivity contribution is -0.0474. The fourth-order valence-electron chi connectivity index (χ4n) is 7.22. The highest BCUT2D eigenvalue weighted by Gasteiger charge is 2.58. The van der Waals surface area contributed by atoms with Gasteiger partial charge in [0.05, 0.1) is 6.10 Å². The lowest BCUT2D eigenvalue weighted by atomic mass is 9.47. The standard InChI is InChI=1S/C22H36N2O2/c1-21-9-7-17(25)13-15(21)3-5-18-19-6-4-16(14-24-26-12-11-23)22(19,2)10-8-20(18)21/h13-14,16-20,25H,3-12,23H2,1-2H3/b24-14+/t16-,17+,18+,19+,20+,21+,22-/m1/s1. The van der Waals surface area contributed by atoms with Crippen LogP contribution in [0.5, 0.6) is 0 Å². The summed E-state index contributed by atoms with van der Waals surface area (Å²) >= 11 is 0. The van der Waals surface area contributed by atoms with Crippen LogP contribution in [0, 0.1) is 34.5 Å². The van der Waals surface area contributed by atoms with Crippen molar-refractivity contribution in [2.24, 2.45) is 45.4 Å². The maximum Gasteiger partial charge on any atom is 0.129 e. The smallest absolute Gasteiger partial charge is 0.129 e. The van der Waals surface area contributed by atoms with E-state index < -0.39 is 0 Å². The molecule has 0 unspecified atom stereocenters. The predicted molar refractivity (Wildman–Crippen MR) is 105 cm³/mol.